The number of halogens is 4. The number of alkyl halides is 3. The lowest BCUT2D eigenvalue weighted by Crippen LogP contribution is -2.05. The average molecular weight is 407 g/mol. The molecule has 0 bridgehead atoms. The Morgan fingerprint density at radius 3 is 2.25 bits per heavy atom. The van der Waals surface area contributed by atoms with Crippen LogP contribution in [0.1, 0.15) is 23.5 Å². The molecule has 1 fully saturated rings. The first-order chi connectivity index (χ1) is 12.8. The quantitative estimate of drug-likeness (QED) is 0.614. The fourth-order valence-electron chi connectivity index (χ4n) is 3.21. The molecule has 2 aromatic carbocycles. The van der Waals surface area contributed by atoms with Gasteiger partial charge >= 0.3 is 6.18 Å². The highest BCUT2D eigenvalue weighted by atomic mass is 35.5. The molecule has 3 nitrogen and oxygen atoms in total. The van der Waals surface area contributed by atoms with Crippen LogP contribution in [0.5, 0.6) is 5.75 Å². The van der Waals surface area contributed by atoms with E-state index in [2.05, 4.69) is 4.98 Å². The zero-order chi connectivity index (χ0) is 19.2. The first kappa shape index (κ1) is 20.2. The summed E-state index contributed by atoms with van der Waals surface area (Å²) in [5, 5.41) is 9.53. The van der Waals surface area contributed by atoms with Gasteiger partial charge in [-0.25, -0.2) is 4.98 Å². The maximum Gasteiger partial charge on any atom is 0.416 e. The van der Waals surface area contributed by atoms with Crippen molar-refractivity contribution in [1.29, 1.82) is 0 Å². The third-order valence-corrected chi connectivity index (χ3v) is 4.79. The molecule has 146 valence electrons. The van der Waals surface area contributed by atoms with Gasteiger partial charge in [0.15, 0.2) is 0 Å². The van der Waals surface area contributed by atoms with Crippen molar-refractivity contribution in [2.45, 2.75) is 24.6 Å². The fraction of sp³-hybridized carbons (Fsp3) is 0.190. The molecule has 1 aliphatic rings. The first-order valence-corrected chi connectivity index (χ1v) is 8.56. The minimum absolute atomic E-state index is 0. The number of phenols is 1. The maximum absolute atomic E-state index is 13.0. The summed E-state index contributed by atoms with van der Waals surface area (Å²) < 4.78 is 39.1. The van der Waals surface area contributed by atoms with Crippen LogP contribution in [0.4, 0.5) is 13.2 Å². The number of pyridine rings is 1. The molecule has 0 saturated heterocycles. The summed E-state index contributed by atoms with van der Waals surface area (Å²) in [5.41, 5.74) is 8.59. The second kappa shape index (κ2) is 7.45. The average Bonchev–Trinajstić information content (AvgIpc) is 3.38. The standard InChI is InChI=1S/C21H17F3N2O.ClH/c22-21(23,24)14-3-1-2-13(10-14)19-9-8-16(17-11-18(17)25)20(26-19)12-4-6-15(27)7-5-12;/h1-10,17-18,27H,11,25H2;1H/t17-,18+;/m0./s1. The Labute approximate surface area is 166 Å². The summed E-state index contributed by atoms with van der Waals surface area (Å²) in [7, 11) is 0. The van der Waals surface area contributed by atoms with E-state index in [4.69, 9.17) is 5.73 Å². The molecule has 0 unspecified atom stereocenters. The Bertz CT molecular complexity index is 990. The molecule has 0 aliphatic heterocycles. The lowest BCUT2D eigenvalue weighted by molar-refractivity contribution is -0.137. The van der Waals surface area contributed by atoms with Gasteiger partial charge < -0.3 is 10.8 Å². The van der Waals surface area contributed by atoms with Gasteiger partial charge in [0, 0.05) is 23.1 Å². The number of aromatic nitrogens is 1. The van der Waals surface area contributed by atoms with E-state index in [-0.39, 0.29) is 30.1 Å². The molecular weight excluding hydrogens is 389 g/mol. The molecule has 0 amide bonds. The van der Waals surface area contributed by atoms with Crippen LogP contribution in [0, 0.1) is 0 Å². The summed E-state index contributed by atoms with van der Waals surface area (Å²) in [6.45, 7) is 0. The van der Waals surface area contributed by atoms with Crippen molar-refractivity contribution in [2.24, 2.45) is 5.73 Å². The van der Waals surface area contributed by atoms with E-state index in [1.54, 1.807) is 36.4 Å². The van der Waals surface area contributed by atoms with Crippen LogP contribution in [0.3, 0.4) is 0 Å². The number of nitrogens with zero attached hydrogens (tertiary/aromatic N) is 1. The van der Waals surface area contributed by atoms with Gasteiger partial charge in [0.2, 0.25) is 0 Å². The third-order valence-electron chi connectivity index (χ3n) is 4.79. The highest BCUT2D eigenvalue weighted by Gasteiger charge is 2.37. The number of rotatable bonds is 3. The summed E-state index contributed by atoms with van der Waals surface area (Å²) in [6.07, 6.45) is -3.55. The number of hydrogen-bond donors (Lipinski definition) is 2. The van der Waals surface area contributed by atoms with Gasteiger partial charge in [0.05, 0.1) is 17.0 Å². The van der Waals surface area contributed by atoms with Crippen molar-refractivity contribution >= 4 is 12.4 Å². The molecule has 1 heterocycles. The van der Waals surface area contributed by atoms with Crippen LogP contribution in [0.2, 0.25) is 0 Å². The van der Waals surface area contributed by atoms with Crippen molar-refractivity contribution < 1.29 is 18.3 Å². The van der Waals surface area contributed by atoms with Gasteiger partial charge in [-0.15, -0.1) is 12.4 Å². The molecule has 1 aromatic heterocycles. The third kappa shape index (κ3) is 3.98. The summed E-state index contributed by atoms with van der Waals surface area (Å²) in [4.78, 5) is 4.66. The Morgan fingerprint density at radius 2 is 1.64 bits per heavy atom. The van der Waals surface area contributed by atoms with E-state index < -0.39 is 11.7 Å². The molecule has 0 radical (unpaired) electrons. The molecule has 28 heavy (non-hydrogen) atoms. The van der Waals surface area contributed by atoms with Gasteiger partial charge in [-0.05, 0) is 54.4 Å². The van der Waals surface area contributed by atoms with Crippen molar-refractivity contribution in [3.05, 3.63) is 71.8 Å². The molecule has 7 heteroatoms. The highest BCUT2D eigenvalue weighted by Crippen LogP contribution is 2.44. The number of nitrogens with two attached hydrogens (primary N) is 1. The van der Waals surface area contributed by atoms with Crippen molar-refractivity contribution in [3.63, 3.8) is 0 Å². The molecule has 1 saturated carbocycles. The van der Waals surface area contributed by atoms with Crippen LogP contribution in [0.15, 0.2) is 60.7 Å². The molecular formula is C21H18ClF3N2O. The van der Waals surface area contributed by atoms with Crippen LogP contribution in [-0.4, -0.2) is 16.1 Å². The normalized spacial score (nSPS) is 18.4. The first-order valence-electron chi connectivity index (χ1n) is 8.56. The smallest absolute Gasteiger partial charge is 0.416 e. The summed E-state index contributed by atoms with van der Waals surface area (Å²) in [5.74, 6) is 0.328. The predicted molar refractivity (Wildman–Crippen MR) is 104 cm³/mol. The SMILES string of the molecule is Cl.N[C@@H]1C[C@H]1c1ccc(-c2cccc(C(F)(F)F)c2)nc1-c1ccc(O)cc1. The minimum atomic E-state index is -4.41. The van der Waals surface area contributed by atoms with Crippen LogP contribution in [0.25, 0.3) is 22.5 Å². The summed E-state index contributed by atoms with van der Waals surface area (Å²) in [6, 6.07) is 15.4. The van der Waals surface area contributed by atoms with Crippen LogP contribution >= 0.6 is 12.4 Å². The number of aromatic hydroxyl groups is 1. The maximum atomic E-state index is 13.0. The largest absolute Gasteiger partial charge is 0.508 e. The van der Waals surface area contributed by atoms with Crippen LogP contribution < -0.4 is 5.73 Å². The Hall–Kier alpha value is -2.57. The second-order valence-corrected chi connectivity index (χ2v) is 6.77. The minimum Gasteiger partial charge on any atom is -0.508 e. The zero-order valence-corrected chi connectivity index (χ0v) is 15.5. The van der Waals surface area contributed by atoms with E-state index in [1.807, 2.05) is 6.07 Å². The van der Waals surface area contributed by atoms with Crippen LogP contribution in [-0.2, 0) is 6.18 Å². The highest BCUT2D eigenvalue weighted by molar-refractivity contribution is 5.85. The van der Waals surface area contributed by atoms with Gasteiger partial charge in [-0.3, -0.25) is 0 Å². The molecule has 3 aromatic rings. The lowest BCUT2D eigenvalue weighted by Gasteiger charge is -2.13. The van der Waals surface area contributed by atoms with E-state index in [0.29, 0.717) is 17.0 Å². The van der Waals surface area contributed by atoms with Gasteiger partial charge in [0.1, 0.15) is 5.75 Å². The van der Waals surface area contributed by atoms with E-state index >= 15 is 0 Å². The summed E-state index contributed by atoms with van der Waals surface area (Å²) >= 11 is 0. The number of hydrogen-bond acceptors (Lipinski definition) is 3. The number of benzene rings is 2. The second-order valence-electron chi connectivity index (χ2n) is 6.77. The van der Waals surface area contributed by atoms with Gasteiger partial charge in [-0.2, -0.15) is 13.2 Å². The Kier molecular flexibility index (Phi) is 5.37. The van der Waals surface area contributed by atoms with E-state index in [1.165, 1.54) is 6.07 Å². The number of phenolic OH excluding ortho intramolecular Hbond substituents is 1. The molecule has 3 N–H and O–H groups in total. The van der Waals surface area contributed by atoms with Crippen molar-refractivity contribution in [3.8, 4) is 28.3 Å². The van der Waals surface area contributed by atoms with Crippen molar-refractivity contribution in [2.75, 3.05) is 0 Å². The fourth-order valence-corrected chi connectivity index (χ4v) is 3.21. The van der Waals surface area contributed by atoms with Gasteiger partial charge in [-0.1, -0.05) is 18.2 Å². The monoisotopic (exact) mass is 406 g/mol. The Balaban J connectivity index is 0.00000225. The van der Waals surface area contributed by atoms with Crippen molar-refractivity contribution in [1.82, 2.24) is 4.98 Å². The van der Waals surface area contributed by atoms with Gasteiger partial charge in [0.25, 0.3) is 0 Å². The lowest BCUT2D eigenvalue weighted by atomic mass is 9.99. The predicted octanol–water partition coefficient (Wildman–Crippen LogP) is 5.38. The zero-order valence-electron chi connectivity index (χ0n) is 14.6. The van der Waals surface area contributed by atoms with E-state index in [0.717, 1.165) is 29.7 Å². The molecule has 4 rings (SSSR count). The Morgan fingerprint density at radius 1 is 0.964 bits per heavy atom. The van der Waals surface area contributed by atoms with E-state index in [9.17, 15) is 18.3 Å². The molecule has 0 spiro atoms. The molecule has 1 aliphatic carbocycles. The topological polar surface area (TPSA) is 59.1 Å². The molecule has 2 atom stereocenters.